The van der Waals surface area contributed by atoms with Gasteiger partial charge in [-0.2, -0.15) is 0 Å². The monoisotopic (exact) mass is 425 g/mol. The van der Waals surface area contributed by atoms with Crippen molar-refractivity contribution >= 4 is 32.7 Å². The third-order valence-corrected chi connectivity index (χ3v) is 5.74. The molecule has 0 spiro atoms. The molecule has 2 heterocycles. The zero-order valence-corrected chi connectivity index (χ0v) is 16.9. The molecule has 5 heteroatoms. The fourth-order valence-corrected chi connectivity index (χ4v) is 4.19. The molecule has 0 radical (unpaired) electrons. The zero-order chi connectivity index (χ0) is 18.6. The third kappa shape index (κ3) is 4.60. The second-order valence-electron chi connectivity index (χ2n) is 7.25. The molecule has 0 saturated carbocycles. The predicted molar refractivity (Wildman–Crippen MR) is 113 cm³/mol. The van der Waals surface area contributed by atoms with Crippen LogP contribution in [0.2, 0.25) is 0 Å². The van der Waals surface area contributed by atoms with Crippen molar-refractivity contribution in [2.75, 3.05) is 13.1 Å². The summed E-state index contributed by atoms with van der Waals surface area (Å²) >= 11 is 3.49. The molecule has 4 nitrogen and oxygen atoms in total. The van der Waals surface area contributed by atoms with Crippen LogP contribution in [0.4, 0.5) is 0 Å². The van der Waals surface area contributed by atoms with Crippen LogP contribution in [0, 0.1) is 0 Å². The molecule has 1 aromatic heterocycles. The van der Waals surface area contributed by atoms with E-state index in [9.17, 15) is 4.79 Å². The van der Waals surface area contributed by atoms with Crippen LogP contribution in [0.1, 0.15) is 18.4 Å². The largest absolute Gasteiger partial charge is 0.352 e. The molecule has 1 amide bonds. The van der Waals surface area contributed by atoms with Crippen molar-refractivity contribution in [3.63, 3.8) is 0 Å². The molecular formula is C22H24BrN3O. The minimum atomic E-state index is 0.0944. The number of carbonyl (C=O) groups is 1. The quantitative estimate of drug-likeness (QED) is 0.665. The van der Waals surface area contributed by atoms with E-state index < -0.39 is 0 Å². The number of aromatic nitrogens is 1. The van der Waals surface area contributed by atoms with E-state index in [1.165, 1.54) is 5.56 Å². The van der Waals surface area contributed by atoms with Crippen LogP contribution in [0.25, 0.3) is 10.9 Å². The first-order chi connectivity index (χ1) is 13.2. The van der Waals surface area contributed by atoms with Crippen LogP contribution in [0.3, 0.4) is 0 Å². The van der Waals surface area contributed by atoms with E-state index in [2.05, 4.69) is 74.7 Å². The van der Waals surface area contributed by atoms with Gasteiger partial charge in [-0.15, -0.1) is 0 Å². The van der Waals surface area contributed by atoms with Crippen LogP contribution >= 0.6 is 15.9 Å². The van der Waals surface area contributed by atoms with Crippen molar-refractivity contribution < 1.29 is 4.79 Å². The Labute approximate surface area is 168 Å². The maximum atomic E-state index is 12.5. The number of halogens is 1. The molecule has 1 aliphatic rings. The number of nitrogens with one attached hydrogen (secondary N) is 1. The van der Waals surface area contributed by atoms with E-state index in [1.54, 1.807) is 0 Å². The fraction of sp³-hybridized carbons (Fsp3) is 0.318. The standard InChI is InChI=1S/C22H24BrN3O/c23-19-6-7-21-18(14-19)8-13-26(21)16-22(27)24-20-9-11-25(12-10-20)15-17-4-2-1-3-5-17/h1-8,13-14,20H,9-12,15-16H2,(H,24,27). The van der Waals surface area contributed by atoms with E-state index in [1.807, 2.05) is 16.8 Å². The first-order valence-corrected chi connectivity index (χ1v) is 10.3. The second-order valence-corrected chi connectivity index (χ2v) is 8.17. The highest BCUT2D eigenvalue weighted by Gasteiger charge is 2.21. The molecule has 1 saturated heterocycles. The van der Waals surface area contributed by atoms with Crippen LogP contribution in [-0.2, 0) is 17.9 Å². The minimum Gasteiger partial charge on any atom is -0.352 e. The van der Waals surface area contributed by atoms with E-state index in [4.69, 9.17) is 0 Å². The third-order valence-electron chi connectivity index (χ3n) is 5.25. The number of rotatable bonds is 5. The molecular weight excluding hydrogens is 402 g/mol. The highest BCUT2D eigenvalue weighted by Crippen LogP contribution is 2.21. The zero-order valence-electron chi connectivity index (χ0n) is 15.3. The molecule has 3 aromatic rings. The van der Waals surface area contributed by atoms with Gasteiger partial charge in [-0.1, -0.05) is 46.3 Å². The summed E-state index contributed by atoms with van der Waals surface area (Å²) < 4.78 is 3.07. The van der Waals surface area contributed by atoms with E-state index in [-0.39, 0.29) is 11.9 Å². The van der Waals surface area contributed by atoms with E-state index in [0.29, 0.717) is 6.54 Å². The topological polar surface area (TPSA) is 37.3 Å². The van der Waals surface area contributed by atoms with Crippen LogP contribution in [0.5, 0.6) is 0 Å². The number of hydrogen-bond donors (Lipinski definition) is 1. The molecule has 1 aliphatic heterocycles. The van der Waals surface area contributed by atoms with E-state index >= 15 is 0 Å². The Morgan fingerprint density at radius 1 is 1.07 bits per heavy atom. The summed E-state index contributed by atoms with van der Waals surface area (Å²) in [5.41, 5.74) is 2.44. The molecule has 4 rings (SSSR count). The average Bonchev–Trinajstić information content (AvgIpc) is 3.06. The van der Waals surface area contributed by atoms with Gasteiger partial charge in [-0.05, 0) is 42.7 Å². The Hall–Kier alpha value is -2.11. The van der Waals surface area contributed by atoms with Gasteiger partial charge in [0.1, 0.15) is 6.54 Å². The van der Waals surface area contributed by atoms with Crippen molar-refractivity contribution in [1.82, 2.24) is 14.8 Å². The summed E-state index contributed by atoms with van der Waals surface area (Å²) in [7, 11) is 0. The lowest BCUT2D eigenvalue weighted by Gasteiger charge is -2.32. The van der Waals surface area contributed by atoms with Gasteiger partial charge in [0.25, 0.3) is 0 Å². The molecule has 2 aromatic carbocycles. The van der Waals surface area contributed by atoms with Gasteiger partial charge in [0, 0.05) is 47.2 Å². The number of nitrogens with zero attached hydrogens (tertiary/aromatic N) is 2. The first-order valence-electron chi connectivity index (χ1n) is 9.47. The Morgan fingerprint density at radius 3 is 2.63 bits per heavy atom. The van der Waals surface area contributed by atoms with Crippen molar-refractivity contribution in [2.45, 2.75) is 32.0 Å². The maximum Gasteiger partial charge on any atom is 0.240 e. The van der Waals surface area contributed by atoms with Crippen LogP contribution in [0.15, 0.2) is 65.3 Å². The first kappa shape index (κ1) is 18.3. The van der Waals surface area contributed by atoms with Crippen LogP contribution < -0.4 is 5.32 Å². The average molecular weight is 426 g/mol. The summed E-state index contributed by atoms with van der Waals surface area (Å²) in [6, 6.07) is 19.0. The molecule has 1 N–H and O–H groups in total. The summed E-state index contributed by atoms with van der Waals surface area (Å²) in [4.78, 5) is 15.0. The number of hydrogen-bond acceptors (Lipinski definition) is 2. The molecule has 140 valence electrons. The number of carbonyl (C=O) groups excluding carboxylic acids is 1. The summed E-state index contributed by atoms with van der Waals surface area (Å²) in [6.07, 6.45) is 4.01. The summed E-state index contributed by atoms with van der Waals surface area (Å²) in [5.74, 6) is 0.0944. The smallest absolute Gasteiger partial charge is 0.240 e. The van der Waals surface area contributed by atoms with Gasteiger partial charge < -0.3 is 9.88 Å². The lowest BCUT2D eigenvalue weighted by molar-refractivity contribution is -0.122. The lowest BCUT2D eigenvalue weighted by Crippen LogP contribution is -2.45. The SMILES string of the molecule is O=C(Cn1ccc2cc(Br)ccc21)NC1CCN(Cc2ccccc2)CC1. The second kappa shape index (κ2) is 8.28. The van der Waals surface area contributed by atoms with Crippen molar-refractivity contribution in [3.05, 3.63) is 70.8 Å². The number of amides is 1. The number of piperidine rings is 1. The summed E-state index contributed by atoms with van der Waals surface area (Å²) in [6.45, 7) is 3.42. The van der Waals surface area contributed by atoms with Crippen molar-refractivity contribution in [2.24, 2.45) is 0 Å². The van der Waals surface area contributed by atoms with Gasteiger partial charge in [-0.3, -0.25) is 9.69 Å². The molecule has 1 fully saturated rings. The molecule has 0 atom stereocenters. The predicted octanol–water partition coefficient (Wildman–Crippen LogP) is 4.18. The highest BCUT2D eigenvalue weighted by atomic mass is 79.9. The minimum absolute atomic E-state index is 0.0944. The number of likely N-dealkylation sites (tertiary alicyclic amines) is 1. The number of benzene rings is 2. The Bertz CT molecular complexity index is 914. The van der Waals surface area contributed by atoms with Gasteiger partial charge >= 0.3 is 0 Å². The van der Waals surface area contributed by atoms with Gasteiger partial charge in [0.15, 0.2) is 0 Å². The maximum absolute atomic E-state index is 12.5. The summed E-state index contributed by atoms with van der Waals surface area (Å²) in [5, 5.41) is 4.37. The van der Waals surface area contributed by atoms with Crippen molar-refractivity contribution in [1.29, 1.82) is 0 Å². The van der Waals surface area contributed by atoms with Gasteiger partial charge in [-0.25, -0.2) is 0 Å². The molecule has 0 aliphatic carbocycles. The lowest BCUT2D eigenvalue weighted by atomic mass is 10.0. The Morgan fingerprint density at radius 2 is 1.85 bits per heavy atom. The highest BCUT2D eigenvalue weighted by molar-refractivity contribution is 9.10. The fourth-order valence-electron chi connectivity index (χ4n) is 3.81. The molecule has 0 bridgehead atoms. The van der Waals surface area contributed by atoms with Gasteiger partial charge in [0.2, 0.25) is 5.91 Å². The van der Waals surface area contributed by atoms with E-state index in [0.717, 1.165) is 47.9 Å². The normalized spacial score (nSPS) is 15.9. The van der Waals surface area contributed by atoms with Gasteiger partial charge in [0.05, 0.1) is 0 Å². The Kier molecular flexibility index (Phi) is 5.60. The number of fused-ring (bicyclic) bond motifs is 1. The molecule has 27 heavy (non-hydrogen) atoms. The van der Waals surface area contributed by atoms with Crippen molar-refractivity contribution in [3.8, 4) is 0 Å². The molecule has 0 unspecified atom stereocenters. The van der Waals surface area contributed by atoms with Crippen LogP contribution in [-0.4, -0.2) is 34.5 Å². The Balaban J connectivity index is 1.28.